The van der Waals surface area contributed by atoms with E-state index in [0.29, 0.717) is 10.9 Å². The molecule has 1 aromatic carbocycles. The zero-order valence-corrected chi connectivity index (χ0v) is 13.4. The van der Waals surface area contributed by atoms with Crippen LogP contribution in [0.15, 0.2) is 35.8 Å². The molecule has 0 radical (unpaired) electrons. The molecular formula is C16H19NO3S. The van der Waals surface area contributed by atoms with E-state index in [-0.39, 0.29) is 12.1 Å². The lowest BCUT2D eigenvalue weighted by Crippen LogP contribution is -2.32. The fraction of sp³-hybridized carbons (Fsp3) is 0.375. The Hall–Kier alpha value is -1.88. The molecule has 21 heavy (non-hydrogen) atoms. The third-order valence-corrected chi connectivity index (χ3v) is 3.69. The van der Waals surface area contributed by atoms with Crippen molar-refractivity contribution >= 4 is 17.3 Å². The highest BCUT2D eigenvalue weighted by molar-refractivity contribution is 7.11. The second-order valence-corrected chi connectivity index (χ2v) is 6.36. The third kappa shape index (κ3) is 3.82. The Bertz CT molecular complexity index is 588. The summed E-state index contributed by atoms with van der Waals surface area (Å²) in [5.41, 5.74) is 0.198. The summed E-state index contributed by atoms with van der Waals surface area (Å²) in [6.45, 7) is 7.40. The molecule has 0 aliphatic carbocycles. The maximum absolute atomic E-state index is 12.2. The number of hydrogen-bond donors (Lipinski definition) is 0. The van der Waals surface area contributed by atoms with Crippen LogP contribution in [0.1, 0.15) is 33.3 Å². The number of thiazole rings is 1. The van der Waals surface area contributed by atoms with Crippen molar-refractivity contribution in [1.82, 2.24) is 4.98 Å². The predicted octanol–water partition coefficient (Wildman–Crippen LogP) is 4.16. The predicted molar refractivity (Wildman–Crippen MR) is 82.9 cm³/mol. The molecule has 0 saturated carbocycles. The maximum Gasteiger partial charge on any atom is 0.316 e. The van der Waals surface area contributed by atoms with Gasteiger partial charge in [-0.2, -0.15) is 0 Å². The summed E-state index contributed by atoms with van der Waals surface area (Å²) in [5, 5.41) is 2.45. The van der Waals surface area contributed by atoms with Gasteiger partial charge in [-0.1, -0.05) is 23.5 Å². The number of hydrogen-bond acceptors (Lipinski definition) is 5. The second-order valence-electron chi connectivity index (χ2n) is 5.50. The van der Waals surface area contributed by atoms with Crippen LogP contribution in [-0.4, -0.2) is 17.1 Å². The lowest BCUT2D eigenvalue weighted by atomic mass is 9.85. The number of aromatic nitrogens is 1. The Balaban J connectivity index is 2.12. The number of nitrogens with zero attached hydrogens (tertiary/aromatic N) is 1. The van der Waals surface area contributed by atoms with Gasteiger partial charge in [-0.25, -0.2) is 4.98 Å². The lowest BCUT2D eigenvalue weighted by Gasteiger charge is -2.24. The Morgan fingerprint density at radius 3 is 2.43 bits per heavy atom. The van der Waals surface area contributed by atoms with Crippen molar-refractivity contribution in [2.24, 2.45) is 0 Å². The fourth-order valence-electron chi connectivity index (χ4n) is 1.78. The molecule has 0 bridgehead atoms. The van der Waals surface area contributed by atoms with Crippen molar-refractivity contribution in [3.8, 4) is 10.9 Å². The molecule has 4 nitrogen and oxygen atoms in total. The highest BCUT2D eigenvalue weighted by Gasteiger charge is 2.32. The van der Waals surface area contributed by atoms with Crippen molar-refractivity contribution in [3.05, 3.63) is 41.4 Å². The van der Waals surface area contributed by atoms with Gasteiger partial charge in [0.25, 0.3) is 5.19 Å². The summed E-state index contributed by atoms with van der Waals surface area (Å²) in [7, 11) is 0. The number of ether oxygens (including phenoxy) is 2. The van der Waals surface area contributed by atoms with E-state index in [1.54, 1.807) is 6.20 Å². The normalized spacial score (nSPS) is 11.5. The molecule has 0 fully saturated rings. The minimum absolute atomic E-state index is 0.121. The van der Waals surface area contributed by atoms with Gasteiger partial charge in [0.1, 0.15) is 5.75 Å². The molecule has 0 N–H and O–H groups in total. The van der Waals surface area contributed by atoms with Crippen molar-refractivity contribution in [2.45, 2.75) is 39.2 Å². The molecule has 0 aliphatic heterocycles. The summed E-state index contributed by atoms with van der Waals surface area (Å²) < 4.78 is 10.9. The molecular weight excluding hydrogens is 286 g/mol. The molecule has 0 atom stereocenters. The van der Waals surface area contributed by atoms with Crippen molar-refractivity contribution in [1.29, 1.82) is 0 Å². The molecule has 2 aromatic rings. The summed E-state index contributed by atoms with van der Waals surface area (Å²) in [4.78, 5) is 16.2. The Labute approximate surface area is 128 Å². The van der Waals surface area contributed by atoms with E-state index in [0.717, 1.165) is 5.56 Å². The van der Waals surface area contributed by atoms with Gasteiger partial charge in [-0.3, -0.25) is 4.79 Å². The van der Waals surface area contributed by atoms with Gasteiger partial charge in [0.2, 0.25) is 0 Å². The molecule has 0 saturated heterocycles. The fourth-order valence-corrected chi connectivity index (χ4v) is 2.28. The van der Waals surface area contributed by atoms with Crippen LogP contribution < -0.4 is 4.74 Å². The summed E-state index contributed by atoms with van der Waals surface area (Å²) in [6.07, 6.45) is 1.57. The monoisotopic (exact) mass is 305 g/mol. The van der Waals surface area contributed by atoms with Crippen LogP contribution in [0.5, 0.6) is 10.9 Å². The van der Waals surface area contributed by atoms with Crippen LogP contribution in [0.3, 0.4) is 0 Å². The van der Waals surface area contributed by atoms with E-state index >= 15 is 0 Å². The maximum atomic E-state index is 12.2. The molecule has 112 valence electrons. The lowest BCUT2D eigenvalue weighted by molar-refractivity contribution is -0.153. The molecule has 5 heteroatoms. The average molecular weight is 305 g/mol. The van der Waals surface area contributed by atoms with Gasteiger partial charge in [0.05, 0.1) is 11.5 Å². The van der Waals surface area contributed by atoms with Gasteiger partial charge >= 0.3 is 5.97 Å². The summed E-state index contributed by atoms with van der Waals surface area (Å²) in [6, 6.07) is 7.43. The Morgan fingerprint density at radius 2 is 1.90 bits per heavy atom. The van der Waals surface area contributed by atoms with Crippen LogP contribution >= 0.6 is 11.3 Å². The zero-order chi connectivity index (χ0) is 15.5. The number of carbonyl (C=O) groups excluding carboxylic acids is 1. The van der Waals surface area contributed by atoms with E-state index in [4.69, 9.17) is 9.47 Å². The van der Waals surface area contributed by atoms with E-state index < -0.39 is 5.41 Å². The molecule has 1 aromatic heterocycles. The van der Waals surface area contributed by atoms with E-state index in [1.165, 1.54) is 11.3 Å². The van der Waals surface area contributed by atoms with Gasteiger partial charge < -0.3 is 9.47 Å². The second kappa shape index (κ2) is 6.26. The van der Waals surface area contributed by atoms with Crippen molar-refractivity contribution in [3.63, 3.8) is 0 Å². The van der Waals surface area contributed by atoms with Gasteiger partial charge in [0.15, 0.2) is 0 Å². The minimum Gasteiger partial charge on any atom is -0.462 e. The standard InChI is InChI=1S/C16H19NO3S/c1-11(2)19-14(18)16(3,4)12-5-7-13(8-6-12)20-15-17-9-10-21-15/h5-11H,1-4H3. The first-order valence-electron chi connectivity index (χ1n) is 6.78. The van der Waals surface area contributed by atoms with E-state index in [2.05, 4.69) is 4.98 Å². The molecule has 0 unspecified atom stereocenters. The molecule has 0 amide bonds. The first-order chi connectivity index (χ1) is 9.89. The smallest absolute Gasteiger partial charge is 0.316 e. The van der Waals surface area contributed by atoms with Gasteiger partial charge in [0, 0.05) is 11.6 Å². The highest BCUT2D eigenvalue weighted by Crippen LogP contribution is 2.29. The highest BCUT2D eigenvalue weighted by atomic mass is 32.1. The van der Waals surface area contributed by atoms with E-state index in [9.17, 15) is 4.79 Å². The third-order valence-electron chi connectivity index (χ3n) is 3.04. The summed E-state index contributed by atoms with van der Waals surface area (Å²) >= 11 is 1.43. The van der Waals surface area contributed by atoms with Crippen LogP contribution in [0.2, 0.25) is 0 Å². The Morgan fingerprint density at radius 1 is 1.24 bits per heavy atom. The largest absolute Gasteiger partial charge is 0.462 e. The SMILES string of the molecule is CC(C)OC(=O)C(C)(C)c1ccc(Oc2nccs2)cc1. The minimum atomic E-state index is -0.690. The van der Waals surface area contributed by atoms with Crippen molar-refractivity contribution in [2.75, 3.05) is 0 Å². The zero-order valence-electron chi connectivity index (χ0n) is 12.6. The van der Waals surface area contributed by atoms with Gasteiger partial charge in [-0.05, 0) is 45.4 Å². The van der Waals surface area contributed by atoms with Crippen LogP contribution in [-0.2, 0) is 14.9 Å². The average Bonchev–Trinajstić information content (AvgIpc) is 2.91. The number of carbonyl (C=O) groups is 1. The van der Waals surface area contributed by atoms with Crippen LogP contribution in [0, 0.1) is 0 Å². The molecule has 1 heterocycles. The Kier molecular flexibility index (Phi) is 4.63. The van der Waals surface area contributed by atoms with Crippen LogP contribution in [0.4, 0.5) is 0 Å². The van der Waals surface area contributed by atoms with Crippen molar-refractivity contribution < 1.29 is 14.3 Å². The quantitative estimate of drug-likeness (QED) is 0.778. The first kappa shape index (κ1) is 15.5. The number of esters is 1. The van der Waals surface area contributed by atoms with Crippen LogP contribution in [0.25, 0.3) is 0 Å². The molecule has 2 rings (SSSR count). The topological polar surface area (TPSA) is 48.4 Å². The number of rotatable bonds is 5. The first-order valence-corrected chi connectivity index (χ1v) is 7.66. The number of benzene rings is 1. The van der Waals surface area contributed by atoms with Gasteiger partial charge in [-0.15, -0.1) is 0 Å². The summed E-state index contributed by atoms with van der Waals surface area (Å²) in [5.74, 6) is 0.466. The molecule has 0 spiro atoms. The van der Waals surface area contributed by atoms with E-state index in [1.807, 2.05) is 57.3 Å². The molecule has 0 aliphatic rings.